The van der Waals surface area contributed by atoms with Crippen LogP contribution in [-0.4, -0.2) is 101 Å². The lowest BCUT2D eigenvalue weighted by Crippen LogP contribution is -2.52. The van der Waals surface area contributed by atoms with Crippen molar-refractivity contribution < 1.29 is 50.5 Å². The zero-order valence-corrected chi connectivity index (χ0v) is 27.4. The van der Waals surface area contributed by atoms with E-state index in [-0.39, 0.29) is 56.5 Å². The van der Waals surface area contributed by atoms with Gasteiger partial charge in [-0.3, -0.25) is 9.69 Å². The second-order valence-corrected chi connectivity index (χ2v) is 13.5. The summed E-state index contributed by atoms with van der Waals surface area (Å²) in [4.78, 5) is 24.1. The number of rotatable bonds is 15. The van der Waals surface area contributed by atoms with Gasteiger partial charge in [0, 0.05) is 41.3 Å². The number of piperidine rings is 1. The number of amides is 2. The van der Waals surface area contributed by atoms with E-state index in [2.05, 4.69) is 14.9 Å². The Bertz CT molecular complexity index is 1500. The average molecular weight is 728 g/mol. The van der Waals surface area contributed by atoms with Crippen LogP contribution in [0.15, 0.2) is 41.3 Å². The van der Waals surface area contributed by atoms with Crippen LogP contribution in [0.4, 0.5) is 18.0 Å². The predicted octanol–water partition coefficient (Wildman–Crippen LogP) is 3.76. The number of carbonyl (C=O) groups is 2. The number of sulfonamides is 1. The second kappa shape index (κ2) is 16.5. The molecule has 12 nitrogen and oxygen atoms in total. The van der Waals surface area contributed by atoms with Crippen molar-refractivity contribution in [3.63, 3.8) is 0 Å². The van der Waals surface area contributed by atoms with Crippen LogP contribution in [0.25, 0.3) is 0 Å². The number of alkyl halides is 3. The Kier molecular flexibility index (Phi) is 13.0. The van der Waals surface area contributed by atoms with Gasteiger partial charge >= 0.3 is 18.2 Å². The highest BCUT2D eigenvalue weighted by atomic mass is 35.5. The number of ether oxygens (including phenoxy) is 3. The maximum atomic E-state index is 12.8. The fourth-order valence-electron chi connectivity index (χ4n) is 5.51. The Morgan fingerprint density at radius 3 is 2.36 bits per heavy atom. The molecule has 2 aromatic rings. The predicted molar refractivity (Wildman–Crippen MR) is 165 cm³/mol. The van der Waals surface area contributed by atoms with E-state index in [1.54, 1.807) is 29.6 Å². The maximum absolute atomic E-state index is 12.8. The van der Waals surface area contributed by atoms with Gasteiger partial charge in [-0.2, -0.15) is 13.2 Å². The second-order valence-electron chi connectivity index (χ2n) is 10.9. The first-order chi connectivity index (χ1) is 22.2. The molecule has 0 radical (unpaired) electrons. The lowest BCUT2D eigenvalue weighted by molar-refractivity contribution is -0.173. The van der Waals surface area contributed by atoms with Crippen molar-refractivity contribution in [3.05, 3.63) is 57.6 Å². The molecule has 0 saturated carbocycles. The van der Waals surface area contributed by atoms with E-state index in [1.165, 1.54) is 12.1 Å². The largest absolute Gasteiger partial charge is 0.484 e. The number of nitrogens with one attached hydrogen (secondary N) is 3. The molecule has 2 aromatic carbocycles. The molecule has 47 heavy (non-hydrogen) atoms. The lowest BCUT2D eigenvalue weighted by Gasteiger charge is -2.39. The van der Waals surface area contributed by atoms with E-state index >= 15 is 0 Å². The van der Waals surface area contributed by atoms with Gasteiger partial charge in [-0.15, -0.1) is 0 Å². The van der Waals surface area contributed by atoms with Crippen LogP contribution in [0.1, 0.15) is 30.1 Å². The maximum Gasteiger partial charge on any atom is 0.471 e. The summed E-state index contributed by atoms with van der Waals surface area (Å²) < 4.78 is 81.1. The zero-order valence-electron chi connectivity index (χ0n) is 25.0. The van der Waals surface area contributed by atoms with E-state index in [9.17, 15) is 36.3 Å². The highest BCUT2D eigenvalue weighted by molar-refractivity contribution is 7.89. The Morgan fingerprint density at radius 1 is 1.02 bits per heavy atom. The van der Waals surface area contributed by atoms with Gasteiger partial charge in [0.05, 0.1) is 37.4 Å². The van der Waals surface area contributed by atoms with Crippen LogP contribution < -0.4 is 20.1 Å². The van der Waals surface area contributed by atoms with Crippen molar-refractivity contribution >= 4 is 45.2 Å². The number of fused-ring (bicyclic) bond motifs is 1. The first-order valence-corrected chi connectivity index (χ1v) is 17.0. The Hall–Kier alpha value is -2.86. The van der Waals surface area contributed by atoms with Gasteiger partial charge in [0.2, 0.25) is 10.0 Å². The van der Waals surface area contributed by atoms with Crippen molar-refractivity contribution in [2.45, 2.75) is 48.5 Å². The summed E-state index contributed by atoms with van der Waals surface area (Å²) in [6, 6.07) is 9.00. The molecule has 18 heteroatoms. The smallest absolute Gasteiger partial charge is 0.471 e. The van der Waals surface area contributed by atoms with Crippen molar-refractivity contribution in [2.24, 2.45) is 0 Å². The molecule has 1 unspecified atom stereocenters. The Balaban J connectivity index is 1.28. The van der Waals surface area contributed by atoms with Crippen LogP contribution in [0.2, 0.25) is 10.0 Å². The number of hydrogen-bond acceptors (Lipinski definition) is 8. The number of hydrogen-bond donors (Lipinski definition) is 4. The van der Waals surface area contributed by atoms with Gasteiger partial charge in [0.1, 0.15) is 11.9 Å². The number of halogens is 5. The van der Waals surface area contributed by atoms with Crippen LogP contribution in [0.3, 0.4) is 0 Å². The topological polar surface area (TPSA) is 156 Å². The molecule has 2 aliphatic rings. The molecule has 1 heterocycles. The van der Waals surface area contributed by atoms with Gasteiger partial charge in [0.15, 0.2) is 0 Å². The summed E-state index contributed by atoms with van der Waals surface area (Å²) in [5.74, 6) is -1.63. The molecule has 4 N–H and O–H groups in total. The monoisotopic (exact) mass is 726 g/mol. The van der Waals surface area contributed by atoms with Gasteiger partial charge in [-0.05, 0) is 67.8 Å². The molecular formula is C29H35Cl2F3N4O8S. The summed E-state index contributed by atoms with van der Waals surface area (Å²) in [5.41, 5.74) is 1.71. The number of nitrogens with zero attached hydrogens (tertiary/aromatic N) is 1. The fraction of sp³-hybridized carbons (Fsp3) is 0.517. The molecule has 0 aromatic heterocycles. The molecule has 1 aliphatic carbocycles. The third-order valence-corrected chi connectivity index (χ3v) is 9.64. The van der Waals surface area contributed by atoms with Crippen molar-refractivity contribution in [1.82, 2.24) is 20.3 Å². The van der Waals surface area contributed by atoms with Crippen molar-refractivity contribution in [2.75, 3.05) is 52.6 Å². The van der Waals surface area contributed by atoms with Gasteiger partial charge in [0.25, 0.3) is 0 Å². The molecular weight excluding hydrogens is 692 g/mol. The highest BCUT2D eigenvalue weighted by Gasteiger charge is 2.41. The summed E-state index contributed by atoms with van der Waals surface area (Å²) in [6.45, 7) is 0.863. The highest BCUT2D eigenvalue weighted by Crippen LogP contribution is 2.43. The molecule has 1 saturated heterocycles. The lowest BCUT2D eigenvalue weighted by atomic mass is 10.0. The van der Waals surface area contributed by atoms with E-state index in [4.69, 9.17) is 37.4 Å². The van der Waals surface area contributed by atoms with Gasteiger partial charge < -0.3 is 30.0 Å². The molecule has 1 aliphatic heterocycles. The van der Waals surface area contributed by atoms with Crippen molar-refractivity contribution in [3.8, 4) is 5.75 Å². The number of benzene rings is 2. The molecule has 260 valence electrons. The molecule has 0 spiro atoms. The number of carboxylic acid groups (broad SMARTS) is 1. The van der Waals surface area contributed by atoms with Crippen molar-refractivity contribution in [1.29, 1.82) is 0 Å². The summed E-state index contributed by atoms with van der Waals surface area (Å²) in [7, 11) is -3.88. The van der Waals surface area contributed by atoms with Gasteiger partial charge in [-0.25, -0.2) is 17.9 Å². The third kappa shape index (κ3) is 10.6. The minimum atomic E-state index is -4.95. The molecule has 4 rings (SSSR count). The number of likely N-dealkylation sites (tertiary alicyclic amines) is 1. The molecule has 2 amide bonds. The number of carbonyl (C=O) groups excluding carboxylic acids is 1. The summed E-state index contributed by atoms with van der Waals surface area (Å²) in [5, 5.41) is 14.4. The van der Waals surface area contributed by atoms with Crippen LogP contribution in [0, 0.1) is 0 Å². The standard InChI is InChI=1S/C29H35Cl2F3N4O8S/c30-18-14-23-22(24(31)15-18)16-25(38-9-1-2-19(17-38)37-28(40)41)26(23)46-20-3-5-21(6-4-20)47(42,43)36-8-11-45-13-12-44-10-7-35-27(39)29(32,33)34/h3-6,14-15,19,25-26,36-37H,1-2,7-13,16-17H2,(H,35,39)(H,40,41)/t19?,25-,26-/m0/s1. The van der Waals surface area contributed by atoms with E-state index in [0.29, 0.717) is 28.8 Å². The zero-order chi connectivity index (χ0) is 34.2. The quantitative estimate of drug-likeness (QED) is 0.201. The Morgan fingerprint density at radius 2 is 1.70 bits per heavy atom. The average Bonchev–Trinajstić information content (AvgIpc) is 3.35. The molecule has 0 bridgehead atoms. The normalized spacial score (nSPS) is 20.1. The van der Waals surface area contributed by atoms with Crippen LogP contribution in [0.5, 0.6) is 5.75 Å². The van der Waals surface area contributed by atoms with E-state index < -0.39 is 34.3 Å². The van der Waals surface area contributed by atoms with E-state index in [1.807, 2.05) is 0 Å². The van der Waals surface area contributed by atoms with Crippen LogP contribution >= 0.6 is 23.2 Å². The van der Waals surface area contributed by atoms with Crippen LogP contribution in [-0.2, 0) is 30.7 Å². The van der Waals surface area contributed by atoms with E-state index in [0.717, 1.165) is 30.5 Å². The fourth-order valence-corrected chi connectivity index (χ4v) is 7.11. The third-order valence-electron chi connectivity index (χ3n) is 7.61. The summed E-state index contributed by atoms with van der Waals surface area (Å²) >= 11 is 12.9. The Labute approximate surface area is 279 Å². The minimum Gasteiger partial charge on any atom is -0.484 e. The minimum absolute atomic E-state index is 0.00201. The van der Waals surface area contributed by atoms with Gasteiger partial charge in [-0.1, -0.05) is 23.2 Å². The first-order valence-electron chi connectivity index (χ1n) is 14.7. The molecule has 3 atom stereocenters. The molecule has 1 fully saturated rings. The first kappa shape index (κ1) is 37.0. The SMILES string of the molecule is O=C(O)NC1CCCN([C@H]2Cc3c(Cl)cc(Cl)cc3[C@@H]2Oc2ccc(S(=O)(=O)NCCOCCOCCNC(=O)C(F)(F)F)cc2)C1. The summed E-state index contributed by atoms with van der Waals surface area (Å²) in [6.07, 6.45) is -4.43.